The van der Waals surface area contributed by atoms with Crippen molar-refractivity contribution < 1.29 is 14.7 Å². The lowest BCUT2D eigenvalue weighted by Crippen LogP contribution is -2.42. The normalized spacial score (nSPS) is 25.4. The smallest absolute Gasteiger partial charge is 0.313 e. The number of fused-ring (bicyclic) bond motifs is 1. The van der Waals surface area contributed by atoms with Gasteiger partial charge in [-0.3, -0.25) is 14.5 Å². The van der Waals surface area contributed by atoms with Gasteiger partial charge in [0.05, 0.1) is 6.42 Å². The van der Waals surface area contributed by atoms with Crippen LogP contribution in [0.25, 0.3) is 0 Å². The molecule has 0 saturated carbocycles. The Bertz CT molecular complexity index is 793. The van der Waals surface area contributed by atoms with Gasteiger partial charge in [0.2, 0.25) is 5.91 Å². The molecule has 2 atom stereocenters. The molecule has 2 fully saturated rings. The van der Waals surface area contributed by atoms with Gasteiger partial charge in [-0.2, -0.15) is 0 Å². The lowest BCUT2D eigenvalue weighted by atomic mass is 9.81. The van der Waals surface area contributed by atoms with Gasteiger partial charge >= 0.3 is 5.97 Å². The van der Waals surface area contributed by atoms with E-state index in [2.05, 4.69) is 17.0 Å². The number of carboxylic acids is 1. The zero-order chi connectivity index (χ0) is 18.1. The van der Waals surface area contributed by atoms with Crippen molar-refractivity contribution in [2.75, 3.05) is 26.2 Å². The number of rotatable bonds is 5. The SMILES string of the molecule is O=C(Cc1cccs1)N1C[C@H]2CN(Cc3ccccc3)C[C@@]2(C(=O)O)C1. The first-order chi connectivity index (χ1) is 12.6. The zero-order valence-corrected chi connectivity index (χ0v) is 15.3. The molecule has 1 N–H and O–H groups in total. The third-order valence-electron chi connectivity index (χ3n) is 5.61. The number of carbonyl (C=O) groups is 2. The molecule has 136 valence electrons. The van der Waals surface area contributed by atoms with Crippen LogP contribution in [0.2, 0.25) is 0 Å². The van der Waals surface area contributed by atoms with Crippen LogP contribution in [0.1, 0.15) is 10.4 Å². The Morgan fingerprint density at radius 2 is 1.92 bits per heavy atom. The van der Waals surface area contributed by atoms with Crippen LogP contribution in [0.5, 0.6) is 0 Å². The number of amides is 1. The summed E-state index contributed by atoms with van der Waals surface area (Å²) < 4.78 is 0. The summed E-state index contributed by atoms with van der Waals surface area (Å²) in [6.07, 6.45) is 0.369. The molecule has 5 nitrogen and oxygen atoms in total. The highest BCUT2D eigenvalue weighted by Gasteiger charge is 2.58. The summed E-state index contributed by atoms with van der Waals surface area (Å²) in [4.78, 5) is 29.7. The quantitative estimate of drug-likeness (QED) is 0.878. The molecule has 0 bridgehead atoms. The average Bonchev–Trinajstić information content (AvgIpc) is 3.30. The van der Waals surface area contributed by atoms with E-state index in [0.717, 1.165) is 18.0 Å². The molecule has 26 heavy (non-hydrogen) atoms. The molecular formula is C20H22N2O3S. The topological polar surface area (TPSA) is 60.9 Å². The van der Waals surface area contributed by atoms with Crippen molar-refractivity contribution in [3.63, 3.8) is 0 Å². The Morgan fingerprint density at radius 1 is 1.12 bits per heavy atom. The highest BCUT2D eigenvalue weighted by molar-refractivity contribution is 7.10. The zero-order valence-electron chi connectivity index (χ0n) is 14.5. The minimum Gasteiger partial charge on any atom is -0.481 e. The number of likely N-dealkylation sites (tertiary alicyclic amines) is 2. The van der Waals surface area contributed by atoms with E-state index in [1.165, 1.54) is 5.56 Å². The van der Waals surface area contributed by atoms with E-state index in [-0.39, 0.29) is 11.8 Å². The standard InChI is InChI=1S/C20H22N2O3S/c23-18(9-17-7-4-8-26-17)22-12-16-11-21(10-15-5-2-1-3-6-15)13-20(16,14-22)19(24)25/h1-8,16H,9-14H2,(H,24,25)/t16-,20-/m1/s1. The molecule has 2 aliphatic rings. The lowest BCUT2D eigenvalue weighted by Gasteiger charge is -2.25. The summed E-state index contributed by atoms with van der Waals surface area (Å²) in [6, 6.07) is 14.0. The van der Waals surface area contributed by atoms with Crippen molar-refractivity contribution in [1.29, 1.82) is 0 Å². The summed E-state index contributed by atoms with van der Waals surface area (Å²) in [5, 5.41) is 11.9. The first-order valence-corrected chi connectivity index (χ1v) is 9.75. The monoisotopic (exact) mass is 370 g/mol. The minimum absolute atomic E-state index is 0.00371. The van der Waals surface area contributed by atoms with Gasteiger partial charge in [-0.15, -0.1) is 11.3 Å². The van der Waals surface area contributed by atoms with Gasteiger partial charge in [0.15, 0.2) is 0 Å². The van der Waals surface area contributed by atoms with E-state index in [4.69, 9.17) is 0 Å². The second kappa shape index (κ2) is 6.85. The van der Waals surface area contributed by atoms with Crippen LogP contribution in [0.15, 0.2) is 47.8 Å². The molecule has 0 spiro atoms. The highest BCUT2D eigenvalue weighted by Crippen LogP contribution is 2.43. The molecule has 2 aliphatic heterocycles. The van der Waals surface area contributed by atoms with Crippen molar-refractivity contribution in [3.8, 4) is 0 Å². The first kappa shape index (κ1) is 17.2. The average molecular weight is 370 g/mol. The Labute approximate surface area is 156 Å². The van der Waals surface area contributed by atoms with Crippen LogP contribution in [-0.4, -0.2) is 53.0 Å². The van der Waals surface area contributed by atoms with Gasteiger partial charge in [-0.1, -0.05) is 36.4 Å². The van der Waals surface area contributed by atoms with Crippen molar-refractivity contribution in [2.24, 2.45) is 11.3 Å². The van der Waals surface area contributed by atoms with Crippen LogP contribution in [0.3, 0.4) is 0 Å². The first-order valence-electron chi connectivity index (χ1n) is 8.87. The third kappa shape index (κ3) is 3.15. The summed E-state index contributed by atoms with van der Waals surface area (Å²) in [5.41, 5.74) is 0.360. The number of hydrogen-bond acceptors (Lipinski definition) is 4. The predicted molar refractivity (Wildman–Crippen MR) is 99.9 cm³/mol. The third-order valence-corrected chi connectivity index (χ3v) is 6.49. The van der Waals surface area contributed by atoms with E-state index in [9.17, 15) is 14.7 Å². The molecule has 2 aromatic rings. The van der Waals surface area contributed by atoms with Crippen molar-refractivity contribution in [3.05, 3.63) is 58.3 Å². The molecule has 2 saturated heterocycles. The molecular weight excluding hydrogens is 348 g/mol. The second-order valence-electron chi connectivity index (χ2n) is 7.34. The Kier molecular flexibility index (Phi) is 4.54. The van der Waals surface area contributed by atoms with Crippen LogP contribution in [0.4, 0.5) is 0 Å². The molecule has 1 aromatic heterocycles. The van der Waals surface area contributed by atoms with Crippen molar-refractivity contribution >= 4 is 23.2 Å². The number of carboxylic acid groups (broad SMARTS) is 1. The van der Waals surface area contributed by atoms with Gasteiger partial charge in [0.25, 0.3) is 0 Å². The number of aliphatic carboxylic acids is 1. The molecule has 6 heteroatoms. The Morgan fingerprint density at radius 3 is 2.58 bits per heavy atom. The number of nitrogens with zero attached hydrogens (tertiary/aromatic N) is 2. The number of carbonyl (C=O) groups excluding carboxylic acids is 1. The highest BCUT2D eigenvalue weighted by atomic mass is 32.1. The fourth-order valence-electron chi connectivity index (χ4n) is 4.30. The van der Waals surface area contributed by atoms with E-state index in [1.54, 1.807) is 16.2 Å². The van der Waals surface area contributed by atoms with Gasteiger partial charge in [0.1, 0.15) is 5.41 Å². The maximum Gasteiger partial charge on any atom is 0.313 e. The fourth-order valence-corrected chi connectivity index (χ4v) is 4.99. The largest absolute Gasteiger partial charge is 0.481 e. The predicted octanol–water partition coefficient (Wildman–Crippen LogP) is 2.34. The summed E-state index contributed by atoms with van der Waals surface area (Å²) in [5.74, 6) is -0.738. The molecule has 0 unspecified atom stereocenters. The van der Waals surface area contributed by atoms with E-state index < -0.39 is 11.4 Å². The second-order valence-corrected chi connectivity index (χ2v) is 8.38. The van der Waals surface area contributed by atoms with Crippen LogP contribution >= 0.6 is 11.3 Å². The molecule has 0 radical (unpaired) electrons. The fraction of sp³-hybridized carbons (Fsp3) is 0.400. The lowest BCUT2D eigenvalue weighted by molar-refractivity contribution is -0.149. The molecule has 1 aromatic carbocycles. The van der Waals surface area contributed by atoms with E-state index in [0.29, 0.717) is 26.1 Å². The van der Waals surface area contributed by atoms with Gasteiger partial charge < -0.3 is 10.0 Å². The molecule has 4 rings (SSSR count). The van der Waals surface area contributed by atoms with E-state index >= 15 is 0 Å². The Balaban J connectivity index is 1.45. The molecule has 0 aliphatic carbocycles. The van der Waals surface area contributed by atoms with Gasteiger partial charge in [-0.25, -0.2) is 0 Å². The summed E-state index contributed by atoms with van der Waals surface area (Å²) >= 11 is 1.57. The van der Waals surface area contributed by atoms with Crippen molar-refractivity contribution in [2.45, 2.75) is 13.0 Å². The molecule has 3 heterocycles. The van der Waals surface area contributed by atoms with Gasteiger partial charge in [-0.05, 0) is 17.0 Å². The summed E-state index contributed by atoms with van der Waals surface area (Å²) in [6.45, 7) is 2.86. The molecule has 1 amide bonds. The van der Waals surface area contributed by atoms with Crippen molar-refractivity contribution in [1.82, 2.24) is 9.80 Å². The van der Waals surface area contributed by atoms with Crippen LogP contribution in [-0.2, 0) is 22.6 Å². The van der Waals surface area contributed by atoms with Gasteiger partial charge in [0, 0.05) is 43.5 Å². The maximum absolute atomic E-state index is 12.6. The number of thiophene rings is 1. The summed E-state index contributed by atoms with van der Waals surface area (Å²) in [7, 11) is 0. The minimum atomic E-state index is -0.833. The van der Waals surface area contributed by atoms with E-state index in [1.807, 2.05) is 35.7 Å². The van der Waals surface area contributed by atoms with Crippen LogP contribution in [0, 0.1) is 11.3 Å². The van der Waals surface area contributed by atoms with Crippen LogP contribution < -0.4 is 0 Å². The Hall–Kier alpha value is -2.18. The number of benzene rings is 1. The maximum atomic E-state index is 12.6. The number of hydrogen-bond donors (Lipinski definition) is 1.